The number of anilines is 1. The van der Waals surface area contributed by atoms with Crippen molar-refractivity contribution < 1.29 is 9.47 Å². The van der Waals surface area contributed by atoms with Crippen LogP contribution in [0, 0.1) is 45.3 Å². The van der Waals surface area contributed by atoms with E-state index < -0.39 is 0 Å². The fourth-order valence-electron chi connectivity index (χ4n) is 3.16. The third-order valence-corrected chi connectivity index (χ3v) is 4.85. The number of rotatable bonds is 9. The molecule has 0 N–H and O–H groups in total. The Hall–Kier alpha value is -4.98. The topological polar surface area (TPSA) is 117 Å². The summed E-state index contributed by atoms with van der Waals surface area (Å²) >= 11 is 0. The van der Waals surface area contributed by atoms with Gasteiger partial charge in [0, 0.05) is 5.69 Å². The summed E-state index contributed by atoms with van der Waals surface area (Å²) in [5.41, 5.74) is 2.19. The Morgan fingerprint density at radius 3 is 1.45 bits per heavy atom. The molecule has 0 aromatic heterocycles. The Balaban J connectivity index is 1.62. The Kier molecular flexibility index (Phi) is 7.86. The molecule has 0 unspecified atom stereocenters. The van der Waals surface area contributed by atoms with E-state index in [0.29, 0.717) is 48.9 Å². The van der Waals surface area contributed by atoms with Gasteiger partial charge in [-0.25, -0.2) is 0 Å². The molecule has 33 heavy (non-hydrogen) atoms. The lowest BCUT2D eigenvalue weighted by molar-refractivity contribution is 0.303. The average molecular weight is 433 g/mol. The van der Waals surface area contributed by atoms with Crippen LogP contribution >= 0.6 is 0 Å². The summed E-state index contributed by atoms with van der Waals surface area (Å²) < 4.78 is 11.6. The maximum atomic E-state index is 9.18. The minimum Gasteiger partial charge on any atom is -0.492 e. The number of ether oxygens (including phenoxy) is 2. The van der Waals surface area contributed by atoms with Crippen molar-refractivity contribution in [3.63, 3.8) is 0 Å². The van der Waals surface area contributed by atoms with Crippen LogP contribution in [0.15, 0.2) is 66.7 Å². The van der Waals surface area contributed by atoms with Crippen LogP contribution in [0.3, 0.4) is 0 Å². The van der Waals surface area contributed by atoms with Crippen LogP contribution in [0.2, 0.25) is 0 Å². The zero-order valence-electron chi connectivity index (χ0n) is 17.7. The summed E-state index contributed by atoms with van der Waals surface area (Å²) in [6, 6.07) is 27.4. The van der Waals surface area contributed by atoms with E-state index in [2.05, 4.69) is 4.90 Å². The Morgan fingerprint density at radius 2 is 1.03 bits per heavy atom. The van der Waals surface area contributed by atoms with E-state index >= 15 is 0 Å². The maximum absolute atomic E-state index is 9.18. The zero-order chi connectivity index (χ0) is 23.5. The molecule has 3 aromatic rings. The van der Waals surface area contributed by atoms with Gasteiger partial charge in [0.2, 0.25) is 0 Å². The molecule has 0 aliphatic carbocycles. The molecule has 7 nitrogen and oxygen atoms in total. The quantitative estimate of drug-likeness (QED) is 0.498. The van der Waals surface area contributed by atoms with Gasteiger partial charge in [-0.1, -0.05) is 18.2 Å². The van der Waals surface area contributed by atoms with Crippen molar-refractivity contribution in [3.8, 4) is 35.8 Å². The smallest absolute Gasteiger partial charge is 0.120 e. The number of hydrogen-bond donors (Lipinski definition) is 0. The number of para-hydroxylation sites is 1. The molecule has 0 heterocycles. The standard InChI is InChI=1S/C26H19N5O2/c27-16-20-6-8-25(14-22(20)18-29)32-12-10-31(24-4-2-1-3-5-24)11-13-33-26-9-7-21(17-28)23(15-26)19-30/h1-9,14-15H,10-13H2. The van der Waals surface area contributed by atoms with Gasteiger partial charge in [-0.3, -0.25) is 0 Å². The predicted octanol–water partition coefficient (Wildman–Crippen LogP) is 4.14. The summed E-state index contributed by atoms with van der Waals surface area (Å²) in [6.07, 6.45) is 0. The summed E-state index contributed by atoms with van der Waals surface area (Å²) in [5.74, 6) is 1.05. The van der Waals surface area contributed by atoms with Crippen molar-refractivity contribution in [2.24, 2.45) is 0 Å². The van der Waals surface area contributed by atoms with Crippen molar-refractivity contribution in [2.45, 2.75) is 0 Å². The van der Waals surface area contributed by atoms with Gasteiger partial charge in [-0.2, -0.15) is 21.0 Å². The highest BCUT2D eigenvalue weighted by atomic mass is 16.5. The summed E-state index contributed by atoms with van der Waals surface area (Å²) in [4.78, 5) is 2.10. The maximum Gasteiger partial charge on any atom is 0.120 e. The molecule has 3 rings (SSSR count). The van der Waals surface area contributed by atoms with Crippen LogP contribution in [0.25, 0.3) is 0 Å². The van der Waals surface area contributed by atoms with E-state index in [0.717, 1.165) is 5.69 Å². The third-order valence-electron chi connectivity index (χ3n) is 4.85. The second kappa shape index (κ2) is 11.4. The fourth-order valence-corrected chi connectivity index (χ4v) is 3.16. The number of hydrogen-bond acceptors (Lipinski definition) is 7. The summed E-state index contributed by atoms with van der Waals surface area (Å²) in [5, 5.41) is 36.4. The monoisotopic (exact) mass is 433 g/mol. The van der Waals surface area contributed by atoms with Gasteiger partial charge in [-0.15, -0.1) is 0 Å². The van der Waals surface area contributed by atoms with Crippen molar-refractivity contribution in [1.82, 2.24) is 0 Å². The van der Waals surface area contributed by atoms with Crippen LogP contribution in [-0.2, 0) is 0 Å². The van der Waals surface area contributed by atoms with Crippen molar-refractivity contribution in [1.29, 1.82) is 21.0 Å². The van der Waals surface area contributed by atoms with Gasteiger partial charge < -0.3 is 14.4 Å². The lowest BCUT2D eigenvalue weighted by Crippen LogP contribution is -2.32. The van der Waals surface area contributed by atoms with Gasteiger partial charge in [0.05, 0.1) is 35.3 Å². The number of nitriles is 4. The Labute approximate surface area is 192 Å². The molecule has 0 fully saturated rings. The van der Waals surface area contributed by atoms with Crippen LogP contribution in [0.5, 0.6) is 11.5 Å². The molecule has 0 aliphatic rings. The second-order valence-corrected chi connectivity index (χ2v) is 6.88. The normalized spacial score (nSPS) is 9.58. The zero-order valence-corrected chi connectivity index (χ0v) is 17.7. The van der Waals surface area contributed by atoms with Crippen LogP contribution in [0.1, 0.15) is 22.3 Å². The van der Waals surface area contributed by atoms with E-state index in [-0.39, 0.29) is 11.1 Å². The number of nitrogens with zero attached hydrogens (tertiary/aromatic N) is 5. The molecule has 0 aliphatic heterocycles. The summed E-state index contributed by atoms with van der Waals surface area (Å²) in [6.45, 7) is 1.85. The van der Waals surface area contributed by atoms with Crippen molar-refractivity contribution in [2.75, 3.05) is 31.2 Å². The lowest BCUT2D eigenvalue weighted by atomic mass is 10.1. The van der Waals surface area contributed by atoms with E-state index in [1.807, 2.05) is 54.6 Å². The SMILES string of the molecule is N#Cc1ccc(OCCN(CCOc2ccc(C#N)c(C#N)c2)c2ccccc2)cc1C#N. The first kappa shape index (κ1) is 22.7. The molecule has 3 aromatic carbocycles. The predicted molar refractivity (Wildman–Crippen MR) is 121 cm³/mol. The van der Waals surface area contributed by atoms with Crippen molar-refractivity contribution >= 4 is 5.69 Å². The van der Waals surface area contributed by atoms with Crippen LogP contribution < -0.4 is 14.4 Å². The van der Waals surface area contributed by atoms with E-state index in [9.17, 15) is 10.5 Å². The average Bonchev–Trinajstić information content (AvgIpc) is 2.87. The summed E-state index contributed by atoms with van der Waals surface area (Å²) in [7, 11) is 0. The molecule has 0 saturated heterocycles. The highest BCUT2D eigenvalue weighted by molar-refractivity contribution is 5.50. The molecule has 160 valence electrons. The minimum absolute atomic E-state index is 0.280. The lowest BCUT2D eigenvalue weighted by Gasteiger charge is -2.25. The molecular weight excluding hydrogens is 414 g/mol. The Bertz CT molecular complexity index is 1200. The van der Waals surface area contributed by atoms with Gasteiger partial charge in [0.1, 0.15) is 49.0 Å². The van der Waals surface area contributed by atoms with Crippen molar-refractivity contribution in [3.05, 3.63) is 89.0 Å². The first-order chi connectivity index (χ1) is 16.2. The minimum atomic E-state index is 0.280. The van der Waals surface area contributed by atoms with E-state index in [4.69, 9.17) is 20.0 Å². The second-order valence-electron chi connectivity index (χ2n) is 6.88. The fraction of sp³-hybridized carbons (Fsp3) is 0.154. The molecule has 7 heteroatoms. The van der Waals surface area contributed by atoms with Gasteiger partial charge in [0.15, 0.2) is 0 Å². The van der Waals surface area contributed by atoms with Gasteiger partial charge in [-0.05, 0) is 48.5 Å². The largest absolute Gasteiger partial charge is 0.492 e. The first-order valence-corrected chi connectivity index (χ1v) is 10.1. The van der Waals surface area contributed by atoms with E-state index in [1.54, 1.807) is 36.4 Å². The molecule has 0 atom stereocenters. The molecule has 0 amide bonds. The third kappa shape index (κ3) is 6.02. The molecule has 0 saturated carbocycles. The molecule has 0 spiro atoms. The number of benzene rings is 3. The highest BCUT2D eigenvalue weighted by Crippen LogP contribution is 2.19. The molecular formula is C26H19N5O2. The first-order valence-electron chi connectivity index (χ1n) is 10.1. The van der Waals surface area contributed by atoms with Crippen LogP contribution in [0.4, 0.5) is 5.69 Å². The Morgan fingerprint density at radius 1 is 0.576 bits per heavy atom. The van der Waals surface area contributed by atoms with E-state index in [1.165, 1.54) is 0 Å². The highest BCUT2D eigenvalue weighted by Gasteiger charge is 2.09. The van der Waals surface area contributed by atoms with Gasteiger partial charge in [0.25, 0.3) is 0 Å². The molecule has 0 bridgehead atoms. The van der Waals surface area contributed by atoms with Gasteiger partial charge >= 0.3 is 0 Å². The molecule has 0 radical (unpaired) electrons. The van der Waals surface area contributed by atoms with Crippen LogP contribution in [-0.4, -0.2) is 26.3 Å².